The van der Waals surface area contributed by atoms with E-state index in [1.54, 1.807) is 24.3 Å². The highest BCUT2D eigenvalue weighted by Crippen LogP contribution is 2.40. The lowest BCUT2D eigenvalue weighted by Gasteiger charge is -2.10. The van der Waals surface area contributed by atoms with Crippen LogP contribution in [0.25, 0.3) is 134 Å². The fourth-order valence-electron chi connectivity index (χ4n) is 14.9. The molecular formula is C110H84F16. The first-order chi connectivity index (χ1) is 60.8. The Hall–Kier alpha value is -13.6. The lowest BCUT2D eigenvalue weighted by molar-refractivity contribution is 0.508. The maximum atomic E-state index is 14.8. The van der Waals surface area contributed by atoms with Gasteiger partial charge in [0.2, 0.25) is 0 Å². The molecule has 126 heavy (non-hydrogen) atoms. The van der Waals surface area contributed by atoms with E-state index >= 15 is 0 Å². The Morgan fingerprint density at radius 2 is 0.302 bits per heavy atom. The Morgan fingerprint density at radius 3 is 0.492 bits per heavy atom. The van der Waals surface area contributed by atoms with Crippen molar-refractivity contribution < 1.29 is 70.2 Å². The molecule has 0 fully saturated rings. The minimum absolute atomic E-state index is 0.0519. The lowest BCUT2D eigenvalue weighted by Crippen LogP contribution is -1.94. The summed E-state index contributed by atoms with van der Waals surface area (Å²) in [6.45, 7) is 8.60. The molecule has 16 aromatic rings. The summed E-state index contributed by atoms with van der Waals surface area (Å²) in [4.78, 5) is 0. The molecular weight excluding hydrogens is 1630 g/mol. The third-order valence-corrected chi connectivity index (χ3v) is 21.9. The molecule has 0 amide bonds. The average molecular weight is 1710 g/mol. The van der Waals surface area contributed by atoms with Crippen LogP contribution in [0.1, 0.15) is 88.5 Å². The zero-order valence-corrected chi connectivity index (χ0v) is 69.1. The quantitative estimate of drug-likeness (QED) is 0.0469. The van der Waals surface area contributed by atoms with Crippen molar-refractivity contribution in [3.05, 3.63) is 431 Å². The highest BCUT2D eigenvalue weighted by Gasteiger charge is 2.22. The molecule has 16 aromatic carbocycles. The van der Waals surface area contributed by atoms with Crippen LogP contribution in [0.4, 0.5) is 70.2 Å². The average Bonchev–Trinajstić information content (AvgIpc) is 0.800. The van der Waals surface area contributed by atoms with E-state index < -0.39 is 93.1 Å². The number of unbranched alkanes of at least 4 members (excludes halogenated alkanes) is 3. The zero-order valence-electron chi connectivity index (χ0n) is 69.1. The third kappa shape index (κ3) is 22.1. The largest absolute Gasteiger partial charge is 0.206 e. The van der Waals surface area contributed by atoms with E-state index in [1.165, 1.54) is 90.0 Å². The van der Waals surface area contributed by atoms with Gasteiger partial charge in [0.25, 0.3) is 0 Å². The zero-order chi connectivity index (χ0) is 89.2. The molecule has 0 spiro atoms. The number of hydrogen-bond donors (Lipinski definition) is 0. The smallest absolute Gasteiger partial charge is 0.159 e. The van der Waals surface area contributed by atoms with Crippen LogP contribution < -0.4 is 0 Å². The fourth-order valence-corrected chi connectivity index (χ4v) is 14.9. The van der Waals surface area contributed by atoms with Crippen molar-refractivity contribution in [2.24, 2.45) is 0 Å². The van der Waals surface area contributed by atoms with E-state index in [0.717, 1.165) is 162 Å². The Bertz CT molecular complexity index is 6350. The van der Waals surface area contributed by atoms with Gasteiger partial charge in [0.15, 0.2) is 46.5 Å². The second-order valence-electron chi connectivity index (χ2n) is 30.5. The van der Waals surface area contributed by atoms with Crippen LogP contribution in [-0.4, -0.2) is 0 Å². The second-order valence-corrected chi connectivity index (χ2v) is 30.5. The molecule has 0 saturated heterocycles. The van der Waals surface area contributed by atoms with Crippen LogP contribution in [0.15, 0.2) is 315 Å². The van der Waals surface area contributed by atoms with Gasteiger partial charge >= 0.3 is 0 Å². The van der Waals surface area contributed by atoms with Crippen LogP contribution in [0, 0.1) is 93.1 Å². The fraction of sp³-hybridized carbons (Fsp3) is 0.127. The molecule has 636 valence electrons. The van der Waals surface area contributed by atoms with Crippen LogP contribution in [0.3, 0.4) is 0 Å². The molecule has 0 radical (unpaired) electrons. The summed E-state index contributed by atoms with van der Waals surface area (Å²) in [5, 5.41) is 0. The summed E-state index contributed by atoms with van der Waals surface area (Å²) >= 11 is 0. The van der Waals surface area contributed by atoms with Crippen molar-refractivity contribution in [3.8, 4) is 134 Å². The van der Waals surface area contributed by atoms with Gasteiger partial charge < -0.3 is 0 Å². The van der Waals surface area contributed by atoms with Gasteiger partial charge in [-0.3, -0.25) is 0 Å². The first-order valence-corrected chi connectivity index (χ1v) is 41.4. The van der Waals surface area contributed by atoms with Gasteiger partial charge in [0.1, 0.15) is 46.5 Å². The molecule has 16 heteroatoms. The molecule has 0 nitrogen and oxygen atoms in total. The van der Waals surface area contributed by atoms with Crippen molar-refractivity contribution in [2.45, 2.75) is 91.9 Å². The van der Waals surface area contributed by atoms with Gasteiger partial charge in [0, 0.05) is 0 Å². The Kier molecular flexibility index (Phi) is 29.8. The second kappa shape index (κ2) is 41.7. The van der Waals surface area contributed by atoms with E-state index in [4.69, 9.17) is 0 Å². The summed E-state index contributed by atoms with van der Waals surface area (Å²) in [5.41, 5.74) is 15.8. The van der Waals surface area contributed by atoms with Crippen molar-refractivity contribution in [1.82, 2.24) is 0 Å². The van der Waals surface area contributed by atoms with Gasteiger partial charge in [-0.05, 0) is 269 Å². The predicted octanol–water partition coefficient (Wildman–Crippen LogP) is 33.6. The molecule has 0 aromatic heterocycles. The minimum atomic E-state index is -1.15. The van der Waals surface area contributed by atoms with Crippen molar-refractivity contribution in [2.75, 3.05) is 0 Å². The van der Waals surface area contributed by atoms with E-state index in [1.807, 2.05) is 84.9 Å². The summed E-state index contributed by atoms with van der Waals surface area (Å²) in [6, 6.07) is 84.0. The molecule has 0 heterocycles. The summed E-state index contributed by atoms with van der Waals surface area (Å²) in [7, 11) is 0. The van der Waals surface area contributed by atoms with Crippen LogP contribution in [0.5, 0.6) is 0 Å². The maximum Gasteiger partial charge on any atom is 0.159 e. The number of hydrogen-bond acceptors (Lipinski definition) is 0. The Morgan fingerprint density at radius 1 is 0.135 bits per heavy atom. The molecule has 0 aliphatic carbocycles. The highest BCUT2D eigenvalue weighted by molar-refractivity contribution is 5.80. The monoisotopic (exact) mass is 1710 g/mol. The van der Waals surface area contributed by atoms with Crippen LogP contribution >= 0.6 is 0 Å². The number of halogens is 16. The minimum Gasteiger partial charge on any atom is -0.206 e. The number of rotatable bonds is 22. The summed E-state index contributed by atoms with van der Waals surface area (Å²) in [6.07, 6.45) is 11.2. The molecule has 0 atom stereocenters. The molecule has 0 unspecified atom stereocenters. The molecule has 0 aliphatic heterocycles. The SMILES string of the molecule is CCCCCc1ccc(-c2ccc(-c3cc(F)c(-c4ccc(F)c(F)c4)c(F)c3)cc2)cc1.CCCCc1ccc(-c2ccc(-c3cc(F)c(-c4ccc(F)c(F)c4)c(F)c3)cc2)cc1.CCCc1ccc(-c2ccc(-c3cc(F)c(-c4ccc(F)c(F)c4)c(F)c3)cc2)cc1.CCc1ccc(-c2ccc(-c3cc(F)c(-c4ccc(F)c(F)c4)c(F)c3)cc2)cc1. The highest BCUT2D eigenvalue weighted by atomic mass is 19.2. The summed E-state index contributed by atoms with van der Waals surface area (Å²) < 4.78 is 224. The molecule has 0 aliphatic rings. The molecule has 16 rings (SSSR count). The first kappa shape index (κ1) is 90.1. The van der Waals surface area contributed by atoms with E-state index in [-0.39, 0.29) is 44.5 Å². The molecule has 0 saturated carbocycles. The van der Waals surface area contributed by atoms with Gasteiger partial charge in [-0.15, -0.1) is 0 Å². The first-order valence-electron chi connectivity index (χ1n) is 41.4. The number of aryl methyl sites for hydroxylation is 4. The van der Waals surface area contributed by atoms with Gasteiger partial charge in [-0.2, -0.15) is 0 Å². The summed E-state index contributed by atoms with van der Waals surface area (Å²) in [5.74, 6) is -15.6. The van der Waals surface area contributed by atoms with E-state index in [0.29, 0.717) is 44.5 Å². The van der Waals surface area contributed by atoms with E-state index in [2.05, 4.69) is 113 Å². The maximum absolute atomic E-state index is 14.8. The van der Waals surface area contributed by atoms with Gasteiger partial charge in [-0.25, -0.2) is 70.2 Å². The normalized spacial score (nSPS) is 11.0. The van der Waals surface area contributed by atoms with Crippen LogP contribution in [-0.2, 0) is 25.7 Å². The van der Waals surface area contributed by atoms with Crippen molar-refractivity contribution in [1.29, 1.82) is 0 Å². The Labute approximate surface area is 722 Å². The standard InChI is InChI=1S/C29H24F4.C28H22F4.C27H20F4.C26H18F4/c1-2-3-4-5-19-6-8-20(9-7-19)21-10-12-22(13-11-21)24-17-27(32)29(28(33)18-24)23-14-15-25(30)26(31)16-23;1-2-3-4-18-5-7-19(8-6-18)20-9-11-21(12-10-20)23-16-26(31)28(27(32)17-23)22-13-14-24(29)25(30)15-22;1-2-3-17-4-6-18(7-5-17)19-8-10-20(11-9-19)22-15-25(30)27(26(31)16-22)21-12-13-23(28)24(29)14-21;1-2-16-3-5-17(6-4-16)18-7-9-19(10-8-18)21-14-24(29)26(25(30)15-21)20-11-12-22(27)23(28)13-20/h6-18H,2-5H2,1H3;5-17H,2-4H2,1H3;4-16H,2-3H2,1H3;3-15H,2H2,1H3. The van der Waals surface area contributed by atoms with Crippen molar-refractivity contribution in [3.63, 3.8) is 0 Å². The van der Waals surface area contributed by atoms with Gasteiger partial charge in [0.05, 0.1) is 22.3 Å². The Balaban J connectivity index is 0.000000144. The molecule has 0 bridgehead atoms. The topological polar surface area (TPSA) is 0 Å². The number of benzene rings is 16. The van der Waals surface area contributed by atoms with E-state index in [9.17, 15) is 70.2 Å². The van der Waals surface area contributed by atoms with Crippen LogP contribution in [0.2, 0.25) is 0 Å². The lowest BCUT2D eigenvalue weighted by atomic mass is 9.96. The predicted molar refractivity (Wildman–Crippen MR) is 476 cm³/mol. The third-order valence-electron chi connectivity index (χ3n) is 21.9. The van der Waals surface area contributed by atoms with Gasteiger partial charge in [-0.1, -0.05) is 272 Å². The molecule has 0 N–H and O–H groups in total. The van der Waals surface area contributed by atoms with Crippen molar-refractivity contribution >= 4 is 0 Å².